The molecule has 0 amide bonds. The van der Waals surface area contributed by atoms with E-state index < -0.39 is 0 Å². The van der Waals surface area contributed by atoms with Crippen molar-refractivity contribution in [1.82, 2.24) is 15.2 Å². The lowest BCUT2D eigenvalue weighted by atomic mass is 9.97. The van der Waals surface area contributed by atoms with E-state index in [0.29, 0.717) is 0 Å². The number of rotatable bonds is 4. The molecule has 2 unspecified atom stereocenters. The molecule has 3 heterocycles. The third-order valence-corrected chi connectivity index (χ3v) is 4.36. The molecule has 2 saturated heterocycles. The van der Waals surface area contributed by atoms with Crippen LogP contribution in [0.1, 0.15) is 31.4 Å². The van der Waals surface area contributed by atoms with Crippen LogP contribution in [0.2, 0.25) is 0 Å². The number of nitrogens with zero attached hydrogens (tertiary/aromatic N) is 2. The van der Waals surface area contributed by atoms with Gasteiger partial charge in [0.05, 0.1) is 0 Å². The Bertz CT molecular complexity index is 365. The zero-order valence-corrected chi connectivity index (χ0v) is 11.0. The fourth-order valence-electron chi connectivity index (χ4n) is 3.36. The minimum Gasteiger partial charge on any atom is -0.313 e. The SMILES string of the molecule is c1ccc(CCNC2CCN3CCCC3C2)nc1. The monoisotopic (exact) mass is 245 g/mol. The summed E-state index contributed by atoms with van der Waals surface area (Å²) in [7, 11) is 0. The highest BCUT2D eigenvalue weighted by Gasteiger charge is 2.31. The summed E-state index contributed by atoms with van der Waals surface area (Å²) < 4.78 is 0. The van der Waals surface area contributed by atoms with E-state index in [0.717, 1.165) is 25.0 Å². The maximum absolute atomic E-state index is 4.37. The maximum atomic E-state index is 4.37. The van der Waals surface area contributed by atoms with E-state index >= 15 is 0 Å². The average Bonchev–Trinajstić information content (AvgIpc) is 2.87. The molecule has 0 aromatic carbocycles. The Hall–Kier alpha value is -0.930. The summed E-state index contributed by atoms with van der Waals surface area (Å²) in [6.45, 7) is 3.70. The van der Waals surface area contributed by atoms with E-state index in [4.69, 9.17) is 0 Å². The van der Waals surface area contributed by atoms with E-state index in [1.165, 1.54) is 44.5 Å². The first-order valence-corrected chi connectivity index (χ1v) is 7.29. The third-order valence-electron chi connectivity index (χ3n) is 4.36. The topological polar surface area (TPSA) is 28.2 Å². The zero-order chi connectivity index (χ0) is 12.2. The van der Waals surface area contributed by atoms with Crippen LogP contribution in [0.15, 0.2) is 24.4 Å². The van der Waals surface area contributed by atoms with Crippen LogP contribution >= 0.6 is 0 Å². The van der Waals surface area contributed by atoms with Gasteiger partial charge in [-0.15, -0.1) is 0 Å². The van der Waals surface area contributed by atoms with Gasteiger partial charge in [-0.05, 0) is 50.9 Å². The number of hydrogen-bond donors (Lipinski definition) is 1. The minimum atomic E-state index is 0.730. The predicted molar refractivity (Wildman–Crippen MR) is 73.6 cm³/mol. The summed E-state index contributed by atoms with van der Waals surface area (Å²) in [5, 5.41) is 3.72. The standard InChI is InChI=1S/C15H23N3/c1-2-8-16-13(4-1)6-9-17-14-7-11-18-10-3-5-15(18)12-14/h1-2,4,8,14-15,17H,3,5-7,9-12H2. The highest BCUT2D eigenvalue weighted by atomic mass is 15.2. The molecule has 1 aromatic rings. The van der Waals surface area contributed by atoms with Crippen molar-refractivity contribution in [2.24, 2.45) is 0 Å². The Kier molecular flexibility index (Phi) is 3.91. The van der Waals surface area contributed by atoms with Crippen molar-refractivity contribution < 1.29 is 0 Å². The smallest absolute Gasteiger partial charge is 0.0416 e. The van der Waals surface area contributed by atoms with Gasteiger partial charge in [0.2, 0.25) is 0 Å². The van der Waals surface area contributed by atoms with Crippen LogP contribution in [0.5, 0.6) is 0 Å². The van der Waals surface area contributed by atoms with Gasteiger partial charge in [-0.25, -0.2) is 0 Å². The van der Waals surface area contributed by atoms with Crippen LogP contribution in [0.4, 0.5) is 0 Å². The first kappa shape index (κ1) is 12.1. The zero-order valence-electron chi connectivity index (χ0n) is 11.0. The summed E-state index contributed by atoms with van der Waals surface area (Å²) >= 11 is 0. The molecule has 18 heavy (non-hydrogen) atoms. The van der Waals surface area contributed by atoms with Crippen LogP contribution in [-0.4, -0.2) is 41.6 Å². The van der Waals surface area contributed by atoms with Crippen LogP contribution in [0, 0.1) is 0 Å². The second-order valence-electron chi connectivity index (χ2n) is 5.58. The number of aromatic nitrogens is 1. The largest absolute Gasteiger partial charge is 0.313 e. The van der Waals surface area contributed by atoms with Gasteiger partial charge in [-0.2, -0.15) is 0 Å². The Labute approximate surface area is 110 Å². The van der Waals surface area contributed by atoms with E-state index in [1.54, 1.807) is 0 Å². The summed E-state index contributed by atoms with van der Waals surface area (Å²) in [4.78, 5) is 7.04. The molecule has 2 aliphatic heterocycles. The molecule has 1 aromatic heterocycles. The lowest BCUT2D eigenvalue weighted by molar-refractivity contribution is 0.167. The van der Waals surface area contributed by atoms with Gasteiger partial charge in [0.15, 0.2) is 0 Å². The lowest BCUT2D eigenvalue weighted by Gasteiger charge is -2.35. The second-order valence-corrected chi connectivity index (χ2v) is 5.58. The van der Waals surface area contributed by atoms with E-state index in [9.17, 15) is 0 Å². The van der Waals surface area contributed by atoms with Crippen molar-refractivity contribution in [2.45, 2.75) is 44.2 Å². The van der Waals surface area contributed by atoms with Gasteiger partial charge < -0.3 is 10.2 Å². The third kappa shape index (κ3) is 2.90. The Balaban J connectivity index is 1.41. The number of piperidine rings is 1. The van der Waals surface area contributed by atoms with Gasteiger partial charge in [-0.3, -0.25) is 4.98 Å². The van der Waals surface area contributed by atoms with Crippen LogP contribution in [0.25, 0.3) is 0 Å². The molecule has 98 valence electrons. The molecule has 1 N–H and O–H groups in total. The minimum absolute atomic E-state index is 0.730. The van der Waals surface area contributed by atoms with Crippen molar-refractivity contribution in [3.63, 3.8) is 0 Å². The molecule has 0 saturated carbocycles. The maximum Gasteiger partial charge on any atom is 0.0416 e. The summed E-state index contributed by atoms with van der Waals surface area (Å²) in [5.74, 6) is 0. The molecule has 0 aliphatic carbocycles. The normalized spacial score (nSPS) is 28.2. The fourth-order valence-corrected chi connectivity index (χ4v) is 3.36. The fraction of sp³-hybridized carbons (Fsp3) is 0.667. The Morgan fingerprint density at radius 1 is 1.28 bits per heavy atom. The van der Waals surface area contributed by atoms with E-state index in [1.807, 2.05) is 12.3 Å². The Morgan fingerprint density at radius 3 is 3.17 bits per heavy atom. The molecule has 3 heteroatoms. The van der Waals surface area contributed by atoms with Crippen LogP contribution < -0.4 is 5.32 Å². The molecule has 2 atom stereocenters. The van der Waals surface area contributed by atoms with Gasteiger partial charge in [0.25, 0.3) is 0 Å². The van der Waals surface area contributed by atoms with Crippen molar-refractivity contribution in [3.05, 3.63) is 30.1 Å². The first-order chi connectivity index (χ1) is 8.92. The second kappa shape index (κ2) is 5.81. The molecule has 3 rings (SSSR count). The molecule has 0 bridgehead atoms. The summed E-state index contributed by atoms with van der Waals surface area (Å²) in [5.41, 5.74) is 1.20. The molecule has 0 spiro atoms. The molecular formula is C15H23N3. The number of hydrogen-bond acceptors (Lipinski definition) is 3. The van der Waals surface area contributed by atoms with Crippen LogP contribution in [0.3, 0.4) is 0 Å². The molecule has 2 fully saturated rings. The average molecular weight is 245 g/mol. The van der Waals surface area contributed by atoms with E-state index in [-0.39, 0.29) is 0 Å². The van der Waals surface area contributed by atoms with Crippen molar-refractivity contribution >= 4 is 0 Å². The van der Waals surface area contributed by atoms with Crippen molar-refractivity contribution in [3.8, 4) is 0 Å². The first-order valence-electron chi connectivity index (χ1n) is 7.29. The van der Waals surface area contributed by atoms with Gasteiger partial charge in [-0.1, -0.05) is 6.07 Å². The number of pyridine rings is 1. The summed E-state index contributed by atoms with van der Waals surface area (Å²) in [6, 6.07) is 7.76. The molecule has 0 radical (unpaired) electrons. The van der Waals surface area contributed by atoms with Crippen LogP contribution in [-0.2, 0) is 6.42 Å². The quantitative estimate of drug-likeness (QED) is 0.877. The summed E-state index contributed by atoms with van der Waals surface area (Å²) in [6.07, 6.45) is 8.42. The molecular weight excluding hydrogens is 222 g/mol. The Morgan fingerprint density at radius 2 is 2.28 bits per heavy atom. The number of nitrogens with one attached hydrogen (secondary N) is 1. The molecule has 3 nitrogen and oxygen atoms in total. The highest BCUT2D eigenvalue weighted by Crippen LogP contribution is 2.26. The predicted octanol–water partition coefficient (Wildman–Crippen LogP) is 1.84. The van der Waals surface area contributed by atoms with Crippen molar-refractivity contribution in [1.29, 1.82) is 0 Å². The van der Waals surface area contributed by atoms with Gasteiger partial charge in [0, 0.05) is 36.9 Å². The number of fused-ring (bicyclic) bond motifs is 1. The highest BCUT2D eigenvalue weighted by molar-refractivity contribution is 5.03. The van der Waals surface area contributed by atoms with Crippen molar-refractivity contribution in [2.75, 3.05) is 19.6 Å². The van der Waals surface area contributed by atoms with Gasteiger partial charge in [0.1, 0.15) is 0 Å². The van der Waals surface area contributed by atoms with E-state index in [2.05, 4.69) is 27.3 Å². The molecule has 2 aliphatic rings. The lowest BCUT2D eigenvalue weighted by Crippen LogP contribution is -2.46. The van der Waals surface area contributed by atoms with Gasteiger partial charge >= 0.3 is 0 Å².